The Morgan fingerprint density at radius 3 is 2.32 bits per heavy atom. The Labute approximate surface area is 226 Å². The topological polar surface area (TPSA) is 141 Å². The van der Waals surface area contributed by atoms with Crippen LogP contribution in [0.4, 0.5) is 11.4 Å². The van der Waals surface area contributed by atoms with Gasteiger partial charge in [0.05, 0.1) is 12.8 Å². The summed E-state index contributed by atoms with van der Waals surface area (Å²) in [7, 11) is 1.57. The number of nitrogen functional groups attached to an aromatic ring is 1. The first-order valence-corrected chi connectivity index (χ1v) is 13.4. The highest BCUT2D eigenvalue weighted by molar-refractivity contribution is 7.09. The molecule has 1 atom stereocenters. The Bertz CT molecular complexity index is 1330. The third-order valence-electron chi connectivity index (χ3n) is 7.03. The van der Waals surface area contributed by atoms with E-state index >= 15 is 0 Å². The van der Waals surface area contributed by atoms with E-state index in [4.69, 9.17) is 16.2 Å². The molecule has 1 unspecified atom stereocenters. The second-order valence-electron chi connectivity index (χ2n) is 9.60. The van der Waals surface area contributed by atoms with Crippen molar-refractivity contribution in [3.05, 3.63) is 69.7 Å². The molecular formula is C28H33N5O4S. The molecule has 200 valence electrons. The van der Waals surface area contributed by atoms with Gasteiger partial charge in [0.15, 0.2) is 5.69 Å². The lowest BCUT2D eigenvalue weighted by atomic mass is 9.94. The Hall–Kier alpha value is -3.92. The van der Waals surface area contributed by atoms with Crippen LogP contribution < -0.4 is 26.4 Å². The molecule has 3 aromatic rings. The van der Waals surface area contributed by atoms with E-state index in [-0.39, 0.29) is 28.2 Å². The van der Waals surface area contributed by atoms with Gasteiger partial charge in [-0.2, -0.15) is 4.37 Å². The number of hydrogen-bond donors (Lipinski definition) is 3. The fourth-order valence-corrected chi connectivity index (χ4v) is 5.47. The van der Waals surface area contributed by atoms with Gasteiger partial charge in [0.1, 0.15) is 16.7 Å². The second-order valence-corrected chi connectivity index (χ2v) is 10.4. The molecule has 4 rings (SSSR count). The number of benzene rings is 2. The Morgan fingerprint density at radius 1 is 1.05 bits per heavy atom. The molecular weight excluding hydrogens is 502 g/mol. The maximum Gasteiger partial charge on any atom is 0.273 e. The normalized spacial score (nSPS) is 14.5. The maximum absolute atomic E-state index is 14.2. The van der Waals surface area contributed by atoms with E-state index in [2.05, 4.69) is 9.69 Å². The number of hydrogen-bond acceptors (Lipinski definition) is 7. The number of nitrogens with two attached hydrogens (primary N) is 2. The van der Waals surface area contributed by atoms with Crippen molar-refractivity contribution < 1.29 is 19.1 Å². The monoisotopic (exact) mass is 535 g/mol. The van der Waals surface area contributed by atoms with Gasteiger partial charge < -0.3 is 21.5 Å². The van der Waals surface area contributed by atoms with Crippen molar-refractivity contribution in [2.75, 3.05) is 17.7 Å². The van der Waals surface area contributed by atoms with Crippen LogP contribution in [0, 0.1) is 13.8 Å². The van der Waals surface area contributed by atoms with Gasteiger partial charge in [0.2, 0.25) is 5.91 Å². The molecule has 2 aromatic carbocycles. The molecule has 1 aromatic heterocycles. The number of ether oxygens (including phenoxy) is 1. The fourth-order valence-electron chi connectivity index (χ4n) is 4.73. The molecule has 38 heavy (non-hydrogen) atoms. The van der Waals surface area contributed by atoms with Crippen LogP contribution in [0.3, 0.4) is 0 Å². The molecule has 0 radical (unpaired) electrons. The van der Waals surface area contributed by atoms with Gasteiger partial charge in [-0.05, 0) is 79.2 Å². The number of amides is 3. The number of nitrogens with one attached hydrogen (secondary N) is 1. The predicted molar refractivity (Wildman–Crippen MR) is 149 cm³/mol. The average molecular weight is 536 g/mol. The standard InChI is InChI=1S/C28H33N5O4S/c1-16-9-12-20(15-17(16)2)33(28(36)25-22(29)23(26(30)34)32-38-25)24(18-10-13-21(37-3)14-11-18)27(35)31-19-7-5-4-6-8-19/h9-15,19,24H,4-8,29H2,1-3H3,(H2,30,34)(H,31,35). The summed E-state index contributed by atoms with van der Waals surface area (Å²) >= 11 is 0.790. The minimum absolute atomic E-state index is 0.0312. The maximum atomic E-state index is 14.2. The fraction of sp³-hybridized carbons (Fsp3) is 0.357. The van der Waals surface area contributed by atoms with Gasteiger partial charge in [-0.15, -0.1) is 0 Å². The SMILES string of the molecule is COc1ccc(C(C(=O)NC2CCCCC2)N(C(=O)c2snc(C(N)=O)c2N)c2ccc(C)c(C)c2)cc1. The summed E-state index contributed by atoms with van der Waals surface area (Å²) in [6.07, 6.45) is 5.02. The van der Waals surface area contributed by atoms with Crippen LogP contribution in [0.15, 0.2) is 42.5 Å². The second kappa shape index (κ2) is 11.6. The third-order valence-corrected chi connectivity index (χ3v) is 7.88. The van der Waals surface area contributed by atoms with Crippen molar-refractivity contribution in [1.82, 2.24) is 9.69 Å². The molecule has 0 spiro atoms. The lowest BCUT2D eigenvalue weighted by Gasteiger charge is -2.33. The van der Waals surface area contributed by atoms with Gasteiger partial charge in [-0.1, -0.05) is 37.5 Å². The summed E-state index contributed by atoms with van der Waals surface area (Å²) in [5.41, 5.74) is 14.4. The van der Waals surface area contributed by atoms with Crippen molar-refractivity contribution >= 4 is 40.6 Å². The first-order chi connectivity index (χ1) is 18.2. The van der Waals surface area contributed by atoms with E-state index in [0.717, 1.165) is 54.8 Å². The summed E-state index contributed by atoms with van der Waals surface area (Å²) < 4.78 is 9.33. The van der Waals surface area contributed by atoms with Crippen molar-refractivity contribution in [1.29, 1.82) is 0 Å². The predicted octanol–water partition coefficient (Wildman–Crippen LogP) is 4.29. The number of primary amides is 1. The lowest BCUT2D eigenvalue weighted by molar-refractivity contribution is -0.123. The number of anilines is 2. The molecule has 1 aliphatic rings. The zero-order chi connectivity index (χ0) is 27.4. The molecule has 1 saturated carbocycles. The Morgan fingerprint density at radius 2 is 1.74 bits per heavy atom. The minimum atomic E-state index is -1.02. The van der Waals surface area contributed by atoms with E-state index in [1.165, 1.54) is 4.90 Å². The molecule has 10 heteroatoms. The Balaban J connectivity index is 1.86. The van der Waals surface area contributed by atoms with Crippen LogP contribution >= 0.6 is 11.5 Å². The van der Waals surface area contributed by atoms with E-state index in [9.17, 15) is 14.4 Å². The number of methoxy groups -OCH3 is 1. The summed E-state index contributed by atoms with van der Waals surface area (Å²) in [6, 6.07) is 11.6. The van der Waals surface area contributed by atoms with Gasteiger partial charge in [-0.25, -0.2) is 0 Å². The molecule has 5 N–H and O–H groups in total. The number of nitrogens with zero attached hydrogens (tertiary/aromatic N) is 2. The van der Waals surface area contributed by atoms with E-state index < -0.39 is 17.9 Å². The largest absolute Gasteiger partial charge is 0.497 e. The van der Waals surface area contributed by atoms with E-state index in [0.29, 0.717) is 17.0 Å². The quantitative estimate of drug-likeness (QED) is 0.393. The first kappa shape index (κ1) is 27.1. The molecule has 1 heterocycles. The van der Waals surface area contributed by atoms with Crippen LogP contribution in [0.2, 0.25) is 0 Å². The van der Waals surface area contributed by atoms with Crippen molar-refractivity contribution in [3.8, 4) is 5.75 Å². The molecule has 0 bridgehead atoms. The van der Waals surface area contributed by atoms with Crippen molar-refractivity contribution in [3.63, 3.8) is 0 Å². The Kier molecular flexibility index (Phi) is 8.31. The summed E-state index contributed by atoms with van der Waals surface area (Å²) in [5, 5.41) is 3.18. The van der Waals surface area contributed by atoms with Gasteiger partial charge in [0, 0.05) is 11.7 Å². The average Bonchev–Trinajstić information content (AvgIpc) is 3.30. The van der Waals surface area contributed by atoms with Gasteiger partial charge in [-0.3, -0.25) is 19.3 Å². The summed E-state index contributed by atoms with van der Waals surface area (Å²) in [6.45, 7) is 3.92. The number of aromatic nitrogens is 1. The number of carbonyl (C=O) groups excluding carboxylic acids is 3. The zero-order valence-corrected chi connectivity index (χ0v) is 22.6. The number of aryl methyl sites for hydroxylation is 2. The first-order valence-electron chi connectivity index (χ1n) is 12.6. The van der Waals surface area contributed by atoms with Crippen LogP contribution in [-0.2, 0) is 4.79 Å². The smallest absolute Gasteiger partial charge is 0.273 e. The van der Waals surface area contributed by atoms with Crippen LogP contribution in [-0.4, -0.2) is 35.2 Å². The molecule has 0 aliphatic heterocycles. The summed E-state index contributed by atoms with van der Waals surface area (Å²) in [5.74, 6) is -1.04. The van der Waals surface area contributed by atoms with Crippen LogP contribution in [0.5, 0.6) is 5.75 Å². The van der Waals surface area contributed by atoms with Crippen LogP contribution in [0.1, 0.15) is 75.0 Å². The summed E-state index contributed by atoms with van der Waals surface area (Å²) in [4.78, 5) is 41.5. The van der Waals surface area contributed by atoms with Crippen LogP contribution in [0.25, 0.3) is 0 Å². The molecule has 1 fully saturated rings. The molecule has 3 amide bonds. The molecule has 1 aliphatic carbocycles. The van der Waals surface area contributed by atoms with Gasteiger partial charge >= 0.3 is 0 Å². The third kappa shape index (κ3) is 5.65. The highest BCUT2D eigenvalue weighted by Gasteiger charge is 2.37. The molecule has 9 nitrogen and oxygen atoms in total. The number of rotatable bonds is 8. The number of carbonyl (C=O) groups is 3. The highest BCUT2D eigenvalue weighted by atomic mass is 32.1. The zero-order valence-electron chi connectivity index (χ0n) is 21.8. The lowest BCUT2D eigenvalue weighted by Crippen LogP contribution is -2.47. The minimum Gasteiger partial charge on any atom is -0.497 e. The van der Waals surface area contributed by atoms with Crippen molar-refractivity contribution in [2.45, 2.75) is 58.0 Å². The highest BCUT2D eigenvalue weighted by Crippen LogP contribution is 2.35. The van der Waals surface area contributed by atoms with E-state index in [1.807, 2.05) is 26.0 Å². The van der Waals surface area contributed by atoms with Gasteiger partial charge in [0.25, 0.3) is 11.8 Å². The van der Waals surface area contributed by atoms with Crippen molar-refractivity contribution in [2.24, 2.45) is 5.73 Å². The van der Waals surface area contributed by atoms with E-state index in [1.54, 1.807) is 37.4 Å². The molecule has 0 saturated heterocycles.